The van der Waals surface area contributed by atoms with Crippen LogP contribution < -0.4 is 14.8 Å². The van der Waals surface area contributed by atoms with Gasteiger partial charge in [0, 0.05) is 89.2 Å². The van der Waals surface area contributed by atoms with E-state index >= 15 is 0 Å². The van der Waals surface area contributed by atoms with E-state index in [0.29, 0.717) is 42.8 Å². The summed E-state index contributed by atoms with van der Waals surface area (Å²) in [7, 11) is 0.136. The molecule has 0 saturated carbocycles. The molecule has 1 aliphatic carbocycles. The third kappa shape index (κ3) is 6.62. The van der Waals surface area contributed by atoms with Crippen molar-refractivity contribution in [1.82, 2.24) is 8.88 Å². The van der Waals surface area contributed by atoms with Gasteiger partial charge >= 0.3 is 0 Å². The van der Waals surface area contributed by atoms with Crippen LogP contribution in [0.25, 0.3) is 33.4 Å². The lowest BCUT2D eigenvalue weighted by molar-refractivity contribution is -0.131. The molecule has 0 unspecified atom stereocenters. The van der Waals surface area contributed by atoms with Crippen molar-refractivity contribution in [2.45, 2.75) is 38.5 Å². The Kier molecular flexibility index (Phi) is 9.16. The zero-order valence-electron chi connectivity index (χ0n) is 29.8. The predicted molar refractivity (Wildman–Crippen MR) is 206 cm³/mol. The monoisotopic (exact) mass is 698 g/mol. The number of nitrogens with zero attached hydrogens (tertiary/aromatic N) is 3. The Bertz CT molecular complexity index is 2370. The minimum atomic E-state index is -3.90. The highest BCUT2D eigenvalue weighted by molar-refractivity contribution is 7.89. The minimum absolute atomic E-state index is 0.137. The molecule has 2 aliphatic heterocycles. The second kappa shape index (κ2) is 13.6. The molecule has 7 nitrogen and oxygen atoms in total. The van der Waals surface area contributed by atoms with E-state index in [-0.39, 0.29) is 16.6 Å². The smallest absolute Gasteiger partial charge is 0.243 e. The maximum atomic E-state index is 14.5. The predicted octanol–water partition coefficient (Wildman–Crippen LogP) is 8.72. The van der Waals surface area contributed by atoms with Gasteiger partial charge in [-0.2, -0.15) is 8.88 Å². The van der Waals surface area contributed by atoms with E-state index in [0.717, 1.165) is 38.9 Å². The van der Waals surface area contributed by atoms with Crippen LogP contribution in [0.3, 0.4) is 0 Å². The summed E-state index contributed by atoms with van der Waals surface area (Å²) in [5, 5.41) is 1.75. The summed E-state index contributed by atoms with van der Waals surface area (Å²) in [6, 6.07) is 39.7. The lowest BCUT2D eigenvalue weighted by Crippen LogP contribution is -2.42. The number of rotatable bonds is 7. The van der Waals surface area contributed by atoms with Gasteiger partial charge in [-0.3, -0.25) is 4.79 Å². The summed E-state index contributed by atoms with van der Waals surface area (Å²) in [4.78, 5) is 15.4. The Labute approximate surface area is 300 Å². The van der Waals surface area contributed by atoms with Gasteiger partial charge < -0.3 is 9.32 Å². The van der Waals surface area contributed by atoms with Crippen LogP contribution >= 0.6 is 0 Å². The van der Waals surface area contributed by atoms with E-state index in [9.17, 15) is 13.2 Å². The van der Waals surface area contributed by atoms with Gasteiger partial charge in [0.05, 0.1) is 11.0 Å². The van der Waals surface area contributed by atoms with Gasteiger partial charge in [-0.15, -0.1) is 0 Å². The number of hydrogen-bond acceptors (Lipinski definition) is 5. The number of fused-ring (bicyclic) bond motifs is 2. The maximum Gasteiger partial charge on any atom is 0.243 e. The molecule has 8 heteroatoms. The van der Waals surface area contributed by atoms with Crippen molar-refractivity contribution in [2.24, 2.45) is 11.3 Å². The van der Waals surface area contributed by atoms with E-state index in [1.165, 1.54) is 0 Å². The molecule has 3 aliphatic rings. The van der Waals surface area contributed by atoms with Crippen molar-refractivity contribution in [2.75, 3.05) is 32.1 Å². The Morgan fingerprint density at radius 3 is 2.12 bits per heavy atom. The van der Waals surface area contributed by atoms with Crippen molar-refractivity contribution < 1.29 is 17.6 Å². The highest BCUT2D eigenvalue weighted by Gasteiger charge is 2.37. The highest BCUT2D eigenvalue weighted by Crippen LogP contribution is 2.44. The lowest BCUT2D eigenvalue weighted by Gasteiger charge is -2.33. The molecule has 0 spiro atoms. The summed E-state index contributed by atoms with van der Waals surface area (Å²) in [6.07, 6.45) is 1.03. The van der Waals surface area contributed by atoms with E-state index in [2.05, 4.69) is 33.7 Å². The molecule has 0 aromatic heterocycles. The van der Waals surface area contributed by atoms with Crippen molar-refractivity contribution >= 4 is 43.8 Å². The second-order valence-electron chi connectivity index (χ2n) is 14.4. The number of ketones is 1. The number of piperidine rings is 1. The van der Waals surface area contributed by atoms with Crippen LogP contribution in [0.2, 0.25) is 0 Å². The largest absolute Gasteiger partial charge is 0.456 e. The zero-order chi connectivity index (χ0) is 35.9. The number of para-hydroxylation sites is 2. The van der Waals surface area contributed by atoms with Crippen LogP contribution in [0.1, 0.15) is 33.6 Å². The molecule has 0 radical (unpaired) electrons. The normalized spacial score (nSPS) is 15.2. The van der Waals surface area contributed by atoms with Crippen molar-refractivity contribution in [3.05, 3.63) is 127 Å². The number of sulfonamides is 1. The first kappa shape index (κ1) is 34.4. The summed E-state index contributed by atoms with van der Waals surface area (Å²) >= 11 is 0. The highest BCUT2D eigenvalue weighted by atomic mass is 32.2. The second-order valence-corrected chi connectivity index (χ2v) is 16.3. The fourth-order valence-electron chi connectivity index (χ4n) is 7.18. The van der Waals surface area contributed by atoms with Crippen molar-refractivity contribution in [1.29, 1.82) is 0 Å². The number of Topliss-reactive ketones (excluding diaryl/α,β-unsaturated/α-hetero) is 1. The quantitative estimate of drug-likeness (QED) is 0.123. The molecule has 0 amide bonds. The van der Waals surface area contributed by atoms with Gasteiger partial charge in [0.25, 0.3) is 0 Å². The Morgan fingerprint density at radius 1 is 0.784 bits per heavy atom. The van der Waals surface area contributed by atoms with Crippen molar-refractivity contribution in [3.8, 4) is 22.5 Å². The Hall–Kier alpha value is -5.05. The van der Waals surface area contributed by atoms with Gasteiger partial charge in [-0.05, 0) is 49.2 Å². The first-order valence-electron chi connectivity index (χ1n) is 17.5. The van der Waals surface area contributed by atoms with E-state index in [1.54, 1.807) is 16.4 Å². The van der Waals surface area contributed by atoms with Gasteiger partial charge in [-0.1, -0.05) is 75.4 Å². The SMILES string of the molecule is CN(c1ccccc1)c1ccc2c(-c3ccccc3S(=O)(=O)N3CCC(C(=O)C(C)(C)C)CC3)c3ccc(=[N+](C)c4ccccc4)cc-3oc2c1. The Morgan fingerprint density at radius 2 is 1.43 bits per heavy atom. The third-order valence-corrected chi connectivity index (χ3v) is 12.0. The zero-order valence-corrected chi connectivity index (χ0v) is 30.7. The van der Waals surface area contributed by atoms with Gasteiger partial charge in [0.1, 0.15) is 24.2 Å². The summed E-state index contributed by atoms with van der Waals surface area (Å²) < 4.78 is 39.4. The first-order chi connectivity index (χ1) is 24.4. The summed E-state index contributed by atoms with van der Waals surface area (Å²) in [5.41, 5.74) is 5.43. The Balaban J connectivity index is 1.39. The third-order valence-electron chi connectivity index (χ3n) is 10.1. The molecule has 0 N–H and O–H groups in total. The number of benzene rings is 5. The van der Waals surface area contributed by atoms with Crippen LogP contribution in [0.4, 0.5) is 17.1 Å². The summed E-state index contributed by atoms with van der Waals surface area (Å²) in [6.45, 7) is 6.40. The molecule has 51 heavy (non-hydrogen) atoms. The molecule has 1 fully saturated rings. The van der Waals surface area contributed by atoms with Crippen LogP contribution in [0.15, 0.2) is 131 Å². The lowest BCUT2D eigenvalue weighted by atomic mass is 9.79. The van der Waals surface area contributed by atoms with Crippen LogP contribution in [-0.2, 0) is 14.8 Å². The van der Waals surface area contributed by atoms with E-state index in [1.807, 2.05) is 120 Å². The summed E-state index contributed by atoms with van der Waals surface area (Å²) in [5.74, 6) is 0.702. The number of anilines is 2. The topological polar surface area (TPSA) is 73.8 Å². The fourth-order valence-corrected chi connectivity index (χ4v) is 8.85. The average Bonchev–Trinajstić information content (AvgIpc) is 3.16. The molecule has 2 heterocycles. The standard InChI is InChI=1S/C43H44N3O4S/c1-43(2,3)42(47)30-24-26-46(27-25-30)51(48,49)40-19-13-12-18-37(40)41-35-22-20-33(44(4)31-14-8-6-9-15-31)28-38(35)50-39-29-34(21-23-36(39)41)45(5)32-16-10-7-11-17-32/h6-23,28-30H,24-27H2,1-5H3/q+1. The number of carbonyl (C=O) groups excluding carboxylic acids is 1. The molecule has 7 rings (SSSR count). The molecule has 0 bridgehead atoms. The van der Waals surface area contributed by atoms with Crippen LogP contribution in [-0.4, -0.2) is 45.7 Å². The number of carbonyl (C=O) groups is 1. The van der Waals surface area contributed by atoms with Gasteiger partial charge in [-0.25, -0.2) is 8.42 Å². The van der Waals surface area contributed by atoms with Gasteiger partial charge in [0.15, 0.2) is 0 Å². The minimum Gasteiger partial charge on any atom is -0.456 e. The van der Waals surface area contributed by atoms with Gasteiger partial charge in [0.2, 0.25) is 21.1 Å². The molecular formula is C43H44N3O4S+. The van der Waals surface area contributed by atoms with Crippen molar-refractivity contribution in [3.63, 3.8) is 0 Å². The molecule has 260 valence electrons. The van der Waals surface area contributed by atoms with Crippen LogP contribution in [0.5, 0.6) is 0 Å². The number of hydrogen-bond donors (Lipinski definition) is 0. The molecule has 1 saturated heterocycles. The fraction of sp³-hybridized carbons (Fsp3) is 0.256. The molecular weight excluding hydrogens is 655 g/mol. The molecule has 4 aromatic rings. The van der Waals surface area contributed by atoms with E-state index < -0.39 is 15.4 Å². The maximum absolute atomic E-state index is 14.5. The average molecular weight is 699 g/mol. The van der Waals surface area contributed by atoms with E-state index in [4.69, 9.17) is 4.42 Å². The molecule has 4 aromatic carbocycles. The first-order valence-corrected chi connectivity index (χ1v) is 18.9. The van der Waals surface area contributed by atoms with Crippen LogP contribution in [0, 0.1) is 11.3 Å². The molecule has 0 atom stereocenters.